The van der Waals surface area contributed by atoms with Gasteiger partial charge in [0.25, 0.3) is 5.91 Å². The Kier molecular flexibility index (Phi) is 14.8. The van der Waals surface area contributed by atoms with Gasteiger partial charge in [-0.15, -0.1) is 11.3 Å². The van der Waals surface area contributed by atoms with Gasteiger partial charge in [0.15, 0.2) is 0 Å². The average Bonchev–Trinajstić information content (AvgIpc) is 3.59. The van der Waals surface area contributed by atoms with Crippen molar-refractivity contribution < 1.29 is 34.0 Å². The maximum absolute atomic E-state index is 13.4. The number of nitrogens with one attached hydrogen (secondary N) is 1. The van der Waals surface area contributed by atoms with Crippen LogP contribution in [0.3, 0.4) is 0 Å². The molecule has 1 aliphatic rings. The highest BCUT2D eigenvalue weighted by Crippen LogP contribution is 2.54. The molecule has 3 rings (SSSR count). The predicted molar refractivity (Wildman–Crippen MR) is 189 cm³/mol. The number of amides is 1. The van der Waals surface area contributed by atoms with E-state index < -0.39 is 29.9 Å². The molecule has 10 heteroatoms. The molecule has 47 heavy (non-hydrogen) atoms. The number of halogens is 1. The Morgan fingerprint density at radius 2 is 1.72 bits per heavy atom. The Bertz CT molecular complexity index is 1300. The molecule has 1 fully saturated rings. The summed E-state index contributed by atoms with van der Waals surface area (Å²) in [4.78, 5) is 26.6. The molecule has 1 amide bonds. The Morgan fingerprint density at radius 1 is 1.04 bits per heavy atom. The minimum Gasteiger partial charge on any atom is -0.459 e. The fourth-order valence-electron chi connectivity index (χ4n) is 7.94. The summed E-state index contributed by atoms with van der Waals surface area (Å²) in [6.45, 7) is 14.4. The fourth-order valence-corrected chi connectivity index (χ4v) is 8.88. The van der Waals surface area contributed by atoms with E-state index in [0.717, 1.165) is 30.6 Å². The SMILES string of the molecule is CCC[C@H](CC(C)[C@H](C)OC(=O)c1ccccc1NC(=O)c1ccc(Cl)s1)[C@H](O)[C@]1(O)C(C)C([C@H](C)CC)[C@H]([C@@H](CC)OC)[C@@H]1OC. The van der Waals surface area contributed by atoms with Crippen LogP contribution in [0.4, 0.5) is 5.69 Å². The number of ether oxygens (including phenoxy) is 3. The standard InChI is InChI=1S/C37H56ClNO7S/c1-10-15-25(33(40)37(43)23(6)31(21(4)11-2)32(34(37)45-9)28(12-3)44-8)20-22(5)24(7)46-36(42)26-16-13-14-17-27(26)39-35(41)29-18-19-30(38)47-29/h13-14,16-19,21-25,28,31-34,40,43H,10-12,15,20H2,1-9H3,(H,39,41)/t21-,22?,23?,24+,25-,28-,31?,32+,33+,34+,37-/m1/s1. The molecule has 3 unspecified atom stereocenters. The number of carbonyl (C=O) groups excluding carboxylic acids is 2. The zero-order chi connectivity index (χ0) is 35.1. The predicted octanol–water partition coefficient (Wildman–Crippen LogP) is 8.10. The minimum atomic E-state index is -1.48. The molecular weight excluding hydrogens is 638 g/mol. The summed E-state index contributed by atoms with van der Waals surface area (Å²) < 4.78 is 18.5. The van der Waals surface area contributed by atoms with Crippen molar-refractivity contribution in [1.82, 2.24) is 0 Å². The maximum Gasteiger partial charge on any atom is 0.340 e. The van der Waals surface area contributed by atoms with E-state index >= 15 is 0 Å². The number of carbonyl (C=O) groups is 2. The number of aliphatic hydroxyl groups is 2. The first-order valence-corrected chi connectivity index (χ1v) is 18.3. The molecule has 3 N–H and O–H groups in total. The van der Waals surface area contributed by atoms with E-state index in [2.05, 4.69) is 39.9 Å². The van der Waals surface area contributed by atoms with Gasteiger partial charge < -0.3 is 29.7 Å². The molecule has 8 nitrogen and oxygen atoms in total. The molecule has 0 aliphatic heterocycles. The van der Waals surface area contributed by atoms with Gasteiger partial charge in [0, 0.05) is 20.1 Å². The van der Waals surface area contributed by atoms with Crippen LogP contribution in [0.2, 0.25) is 4.34 Å². The normalized spacial score (nSPS) is 26.6. The number of hydrogen-bond donors (Lipinski definition) is 3. The first-order chi connectivity index (χ1) is 22.3. The van der Waals surface area contributed by atoms with Crippen LogP contribution in [0.25, 0.3) is 0 Å². The third-order valence-electron chi connectivity index (χ3n) is 10.8. The first-order valence-electron chi connectivity index (χ1n) is 17.1. The van der Waals surface area contributed by atoms with Crippen molar-refractivity contribution >= 4 is 40.5 Å². The molecule has 1 aromatic heterocycles. The second-order valence-electron chi connectivity index (χ2n) is 13.5. The Hall–Kier alpha value is -2.01. The molecular formula is C37H56ClNO7S. The van der Waals surface area contributed by atoms with Crippen molar-refractivity contribution in [3.8, 4) is 0 Å². The van der Waals surface area contributed by atoms with Crippen LogP contribution in [0.15, 0.2) is 36.4 Å². The summed E-state index contributed by atoms with van der Waals surface area (Å²) in [5, 5.41) is 27.6. The second-order valence-corrected chi connectivity index (χ2v) is 15.2. The summed E-state index contributed by atoms with van der Waals surface area (Å²) in [7, 11) is 3.33. The molecule has 0 radical (unpaired) electrons. The van der Waals surface area contributed by atoms with Crippen molar-refractivity contribution in [3.63, 3.8) is 0 Å². The van der Waals surface area contributed by atoms with Crippen LogP contribution < -0.4 is 5.32 Å². The van der Waals surface area contributed by atoms with Gasteiger partial charge >= 0.3 is 5.97 Å². The monoisotopic (exact) mass is 693 g/mol. The lowest BCUT2D eigenvalue weighted by Gasteiger charge is -2.43. The Balaban J connectivity index is 1.80. The van der Waals surface area contributed by atoms with E-state index in [-0.39, 0.29) is 47.2 Å². The largest absolute Gasteiger partial charge is 0.459 e. The number of benzene rings is 1. The molecule has 1 aromatic carbocycles. The quantitative estimate of drug-likeness (QED) is 0.144. The fraction of sp³-hybridized carbons (Fsp3) is 0.676. The van der Waals surface area contributed by atoms with Gasteiger partial charge in [-0.05, 0) is 80.0 Å². The lowest BCUT2D eigenvalue weighted by Crippen LogP contribution is -2.58. The van der Waals surface area contributed by atoms with Gasteiger partial charge in [-0.1, -0.05) is 78.1 Å². The van der Waals surface area contributed by atoms with Crippen LogP contribution in [-0.4, -0.2) is 66.3 Å². The van der Waals surface area contributed by atoms with Gasteiger partial charge in [-0.2, -0.15) is 0 Å². The van der Waals surface area contributed by atoms with E-state index in [0.29, 0.717) is 33.7 Å². The highest BCUT2D eigenvalue weighted by atomic mass is 35.5. The molecule has 1 heterocycles. The number of hydrogen-bond acceptors (Lipinski definition) is 8. The summed E-state index contributed by atoms with van der Waals surface area (Å²) >= 11 is 7.15. The van der Waals surface area contributed by atoms with Crippen LogP contribution in [0.5, 0.6) is 0 Å². The Labute approximate surface area is 290 Å². The minimum absolute atomic E-state index is 0.0726. The zero-order valence-corrected chi connectivity index (χ0v) is 31.1. The maximum atomic E-state index is 13.4. The summed E-state index contributed by atoms with van der Waals surface area (Å²) in [6.07, 6.45) is 1.51. The lowest BCUT2D eigenvalue weighted by atomic mass is 9.71. The van der Waals surface area contributed by atoms with Crippen molar-refractivity contribution in [2.45, 2.75) is 111 Å². The smallest absolute Gasteiger partial charge is 0.340 e. The van der Waals surface area contributed by atoms with Gasteiger partial charge in [-0.3, -0.25) is 4.79 Å². The average molecular weight is 694 g/mol. The van der Waals surface area contributed by atoms with Crippen LogP contribution in [0, 0.1) is 35.5 Å². The zero-order valence-electron chi connectivity index (χ0n) is 29.5. The highest BCUT2D eigenvalue weighted by Gasteiger charge is 2.64. The third kappa shape index (κ3) is 8.60. The molecule has 2 aromatic rings. The van der Waals surface area contributed by atoms with Crippen LogP contribution in [-0.2, 0) is 14.2 Å². The van der Waals surface area contributed by atoms with Gasteiger partial charge in [0.2, 0.25) is 0 Å². The van der Waals surface area contributed by atoms with E-state index in [1.54, 1.807) is 50.6 Å². The Morgan fingerprint density at radius 3 is 2.28 bits per heavy atom. The molecule has 1 saturated carbocycles. The van der Waals surface area contributed by atoms with Gasteiger partial charge in [-0.25, -0.2) is 4.79 Å². The number of anilines is 1. The van der Waals surface area contributed by atoms with E-state index in [4.69, 9.17) is 25.8 Å². The van der Waals surface area contributed by atoms with Crippen LogP contribution in [0.1, 0.15) is 101 Å². The number of thiophene rings is 1. The summed E-state index contributed by atoms with van der Waals surface area (Å²) in [5.74, 6) is -1.20. The molecule has 1 aliphatic carbocycles. The number of methoxy groups -OCH3 is 2. The van der Waals surface area contributed by atoms with Crippen molar-refractivity contribution in [3.05, 3.63) is 51.2 Å². The molecule has 0 bridgehead atoms. The van der Waals surface area contributed by atoms with Crippen molar-refractivity contribution in [2.24, 2.45) is 35.5 Å². The van der Waals surface area contributed by atoms with E-state index in [1.165, 1.54) is 0 Å². The van der Waals surface area contributed by atoms with Gasteiger partial charge in [0.1, 0.15) is 11.7 Å². The molecule has 0 spiro atoms. The van der Waals surface area contributed by atoms with Crippen molar-refractivity contribution in [2.75, 3.05) is 19.5 Å². The number of para-hydroxylation sites is 1. The lowest BCUT2D eigenvalue weighted by molar-refractivity contribution is -0.190. The number of aliphatic hydroxyl groups excluding tert-OH is 1. The van der Waals surface area contributed by atoms with Gasteiger partial charge in [0.05, 0.1) is 38.8 Å². The molecule has 11 atom stereocenters. The third-order valence-corrected chi connectivity index (χ3v) is 12.0. The molecule has 264 valence electrons. The first kappa shape index (κ1) is 39.4. The topological polar surface area (TPSA) is 114 Å². The molecule has 0 saturated heterocycles. The second kappa shape index (κ2) is 17.6. The van der Waals surface area contributed by atoms with E-state index in [9.17, 15) is 19.8 Å². The number of esters is 1. The summed E-state index contributed by atoms with van der Waals surface area (Å²) in [6, 6.07) is 10.0. The number of rotatable bonds is 17. The van der Waals surface area contributed by atoms with Crippen molar-refractivity contribution in [1.29, 1.82) is 0 Å². The summed E-state index contributed by atoms with van der Waals surface area (Å²) in [5.41, 5.74) is -0.889. The van der Waals surface area contributed by atoms with Crippen LogP contribution >= 0.6 is 22.9 Å². The highest BCUT2D eigenvalue weighted by molar-refractivity contribution is 7.18. The van der Waals surface area contributed by atoms with E-state index in [1.807, 2.05) is 13.8 Å².